The van der Waals surface area contributed by atoms with Crippen LogP contribution in [0.1, 0.15) is 43.2 Å². The van der Waals surface area contributed by atoms with Crippen molar-refractivity contribution >= 4 is 35.1 Å². The van der Waals surface area contributed by atoms with Crippen molar-refractivity contribution in [1.29, 1.82) is 0 Å². The molecule has 42 heavy (non-hydrogen) atoms. The maximum absolute atomic E-state index is 14.4. The summed E-state index contributed by atoms with van der Waals surface area (Å²) in [5.41, 5.74) is 1.82. The fraction of sp³-hybridized carbons (Fsp3) is 0.517. The SMILES string of the molecule is Bc1ccc(CO[C@@H]2CC(C(=O)NCc3ccc(F)cc3)N(C(=O)[C@@H](CCC3CCNCC3)NS(C)(=O)=O)C2)c(F)c1. The molecule has 2 heterocycles. The number of nitrogens with one attached hydrogen (secondary N) is 3. The van der Waals surface area contributed by atoms with Crippen molar-refractivity contribution in [3.63, 3.8) is 0 Å². The molecule has 2 amide bonds. The van der Waals surface area contributed by atoms with Crippen LogP contribution in [-0.2, 0) is 37.5 Å². The average molecular weight is 605 g/mol. The van der Waals surface area contributed by atoms with E-state index in [-0.39, 0.29) is 26.1 Å². The van der Waals surface area contributed by atoms with E-state index >= 15 is 0 Å². The molecule has 0 saturated carbocycles. The van der Waals surface area contributed by atoms with Gasteiger partial charge in [-0.15, -0.1) is 0 Å². The molecule has 0 aromatic heterocycles. The van der Waals surface area contributed by atoms with Crippen LogP contribution in [0.25, 0.3) is 0 Å². The first-order chi connectivity index (χ1) is 20.0. The monoisotopic (exact) mass is 604 g/mol. The number of benzene rings is 2. The van der Waals surface area contributed by atoms with Gasteiger partial charge in [0.25, 0.3) is 0 Å². The van der Waals surface area contributed by atoms with Gasteiger partial charge in [-0.25, -0.2) is 21.9 Å². The molecule has 0 bridgehead atoms. The first-order valence-corrected chi connectivity index (χ1v) is 16.2. The highest BCUT2D eigenvalue weighted by atomic mass is 32.2. The number of hydrogen-bond donors (Lipinski definition) is 3. The molecule has 4 rings (SSSR count). The lowest BCUT2D eigenvalue weighted by atomic mass is 9.91. The number of ether oxygens (including phenoxy) is 1. The van der Waals surface area contributed by atoms with Crippen molar-refractivity contribution in [2.24, 2.45) is 5.92 Å². The highest BCUT2D eigenvalue weighted by molar-refractivity contribution is 7.88. The van der Waals surface area contributed by atoms with Gasteiger partial charge in [-0.3, -0.25) is 9.59 Å². The zero-order chi connectivity index (χ0) is 30.3. The van der Waals surface area contributed by atoms with Crippen LogP contribution in [0.2, 0.25) is 0 Å². The predicted molar refractivity (Wildman–Crippen MR) is 158 cm³/mol. The Balaban J connectivity index is 1.49. The summed E-state index contributed by atoms with van der Waals surface area (Å²) in [7, 11) is -1.93. The van der Waals surface area contributed by atoms with E-state index in [1.165, 1.54) is 23.1 Å². The topological polar surface area (TPSA) is 117 Å². The van der Waals surface area contributed by atoms with Gasteiger partial charge in [-0.1, -0.05) is 29.7 Å². The van der Waals surface area contributed by atoms with E-state index in [9.17, 15) is 26.8 Å². The van der Waals surface area contributed by atoms with Crippen molar-refractivity contribution in [2.75, 3.05) is 25.9 Å². The fourth-order valence-electron chi connectivity index (χ4n) is 5.56. The Bertz CT molecular complexity index is 1340. The maximum Gasteiger partial charge on any atom is 0.243 e. The minimum atomic E-state index is -3.72. The van der Waals surface area contributed by atoms with Crippen molar-refractivity contribution < 1.29 is 31.5 Å². The van der Waals surface area contributed by atoms with E-state index in [4.69, 9.17) is 4.74 Å². The molecule has 0 aliphatic carbocycles. The van der Waals surface area contributed by atoms with Crippen LogP contribution in [-0.4, -0.2) is 77.1 Å². The standard InChI is InChI=1S/C29H39BF2N4O5S/c1-42(39,40)35-26(9-4-19-10-12-33-13-11-19)29(38)36-17-24(41-18-21-5-6-22(30)14-25(21)32)15-27(36)28(37)34-16-20-2-7-23(31)8-3-20/h2-3,5-8,14,19,24,26-27,33,35H,4,9-13,15-18,30H2,1H3,(H,34,37)/t24-,26-,27?/m1/s1. The normalized spacial score (nSPS) is 20.4. The zero-order valence-corrected chi connectivity index (χ0v) is 24.9. The molecule has 0 spiro atoms. The Hall–Kier alpha value is -2.87. The number of rotatable bonds is 12. The van der Waals surface area contributed by atoms with Crippen LogP contribution in [0.15, 0.2) is 42.5 Å². The van der Waals surface area contributed by atoms with Gasteiger partial charge in [-0.05, 0) is 68.5 Å². The number of likely N-dealkylation sites (tertiary alicyclic amines) is 1. The van der Waals surface area contributed by atoms with Gasteiger partial charge in [0.1, 0.15) is 31.6 Å². The van der Waals surface area contributed by atoms with E-state index in [1.807, 2.05) is 0 Å². The number of sulfonamides is 1. The van der Waals surface area contributed by atoms with Crippen LogP contribution < -0.4 is 20.8 Å². The second-order valence-electron chi connectivity index (χ2n) is 11.3. The van der Waals surface area contributed by atoms with Gasteiger partial charge < -0.3 is 20.3 Å². The van der Waals surface area contributed by atoms with Gasteiger partial charge in [0.2, 0.25) is 21.8 Å². The van der Waals surface area contributed by atoms with E-state index in [1.54, 1.807) is 32.1 Å². The molecule has 2 aliphatic heterocycles. The third-order valence-electron chi connectivity index (χ3n) is 7.89. The molecule has 2 aromatic rings. The Morgan fingerprint density at radius 2 is 1.86 bits per heavy atom. The number of hydrogen-bond acceptors (Lipinski definition) is 6. The van der Waals surface area contributed by atoms with Crippen molar-refractivity contribution in [1.82, 2.24) is 20.3 Å². The largest absolute Gasteiger partial charge is 0.371 e. The molecule has 13 heteroatoms. The van der Waals surface area contributed by atoms with Crippen molar-refractivity contribution in [3.8, 4) is 0 Å². The summed E-state index contributed by atoms with van der Waals surface area (Å²) in [5, 5.41) is 6.11. The Labute approximate surface area is 247 Å². The molecule has 2 fully saturated rings. The van der Waals surface area contributed by atoms with Gasteiger partial charge in [0, 0.05) is 25.1 Å². The smallest absolute Gasteiger partial charge is 0.243 e. The van der Waals surface area contributed by atoms with Crippen molar-refractivity contribution in [3.05, 3.63) is 65.2 Å². The zero-order valence-electron chi connectivity index (χ0n) is 24.1. The molecule has 2 saturated heterocycles. The number of halogens is 2. The molecule has 2 aliphatic rings. The highest BCUT2D eigenvalue weighted by Gasteiger charge is 2.42. The van der Waals surface area contributed by atoms with Crippen molar-refractivity contribution in [2.45, 2.75) is 63.4 Å². The van der Waals surface area contributed by atoms with Crippen LogP contribution in [0.3, 0.4) is 0 Å². The lowest BCUT2D eigenvalue weighted by Gasteiger charge is -2.30. The third-order valence-corrected chi connectivity index (χ3v) is 8.60. The van der Waals surface area contributed by atoms with Crippen LogP contribution in [0.5, 0.6) is 0 Å². The summed E-state index contributed by atoms with van der Waals surface area (Å²) >= 11 is 0. The summed E-state index contributed by atoms with van der Waals surface area (Å²) in [6.07, 6.45) is 3.47. The molecular formula is C29H39BF2N4O5S. The predicted octanol–water partition coefficient (Wildman–Crippen LogP) is 0.723. The second kappa shape index (κ2) is 14.5. The minimum absolute atomic E-state index is 0.0382. The molecule has 9 nitrogen and oxygen atoms in total. The van der Waals surface area contributed by atoms with Gasteiger partial charge >= 0.3 is 0 Å². The van der Waals surface area contributed by atoms with Crippen LogP contribution in [0.4, 0.5) is 8.78 Å². The summed E-state index contributed by atoms with van der Waals surface area (Å²) in [5.74, 6) is -1.35. The molecule has 228 valence electrons. The Morgan fingerprint density at radius 1 is 1.14 bits per heavy atom. The summed E-state index contributed by atoms with van der Waals surface area (Å²) < 4.78 is 60.7. The minimum Gasteiger partial charge on any atom is -0.371 e. The molecule has 1 unspecified atom stereocenters. The number of carbonyl (C=O) groups excluding carboxylic acids is 2. The van der Waals surface area contributed by atoms with E-state index in [2.05, 4.69) is 15.4 Å². The quantitative estimate of drug-likeness (QED) is 0.308. The number of carbonyl (C=O) groups is 2. The third kappa shape index (κ3) is 9.32. The molecular weight excluding hydrogens is 565 g/mol. The summed E-state index contributed by atoms with van der Waals surface area (Å²) in [6, 6.07) is 8.59. The Kier molecular flexibility index (Phi) is 11.1. The van der Waals surface area contributed by atoms with Gasteiger partial charge in [-0.2, -0.15) is 0 Å². The van der Waals surface area contributed by atoms with Gasteiger partial charge in [0.15, 0.2) is 0 Å². The molecule has 3 N–H and O–H groups in total. The first-order valence-electron chi connectivity index (χ1n) is 14.4. The lowest BCUT2D eigenvalue weighted by molar-refractivity contribution is -0.140. The fourth-order valence-corrected chi connectivity index (χ4v) is 6.30. The van der Waals surface area contributed by atoms with Gasteiger partial charge in [0.05, 0.1) is 19.0 Å². The average Bonchev–Trinajstić information content (AvgIpc) is 3.38. The number of piperidine rings is 1. The van der Waals surface area contributed by atoms with E-state index in [0.717, 1.165) is 37.6 Å². The molecule has 3 atom stereocenters. The molecule has 0 radical (unpaired) electrons. The Morgan fingerprint density at radius 3 is 2.52 bits per heavy atom. The van der Waals surface area contributed by atoms with Crippen LogP contribution in [0, 0.1) is 17.6 Å². The number of amides is 2. The lowest BCUT2D eigenvalue weighted by Crippen LogP contribution is -2.53. The summed E-state index contributed by atoms with van der Waals surface area (Å²) in [6.45, 7) is 1.90. The number of nitrogens with zero attached hydrogens (tertiary/aromatic N) is 1. The highest BCUT2D eigenvalue weighted by Crippen LogP contribution is 2.26. The second-order valence-corrected chi connectivity index (χ2v) is 13.1. The maximum atomic E-state index is 14.4. The summed E-state index contributed by atoms with van der Waals surface area (Å²) in [4.78, 5) is 28.6. The van der Waals surface area contributed by atoms with Crippen LogP contribution >= 0.6 is 0 Å². The van der Waals surface area contributed by atoms with E-state index in [0.29, 0.717) is 29.9 Å². The van der Waals surface area contributed by atoms with E-state index < -0.39 is 51.7 Å². The first kappa shape index (κ1) is 32.1. The molecule has 2 aromatic carbocycles.